The number of hydrogen-bond donors (Lipinski definition) is 1. The third-order valence-electron chi connectivity index (χ3n) is 3.21. The second kappa shape index (κ2) is 3.76. The second-order valence-corrected chi connectivity index (χ2v) is 4.20. The molecule has 0 spiro atoms. The summed E-state index contributed by atoms with van der Waals surface area (Å²) in [7, 11) is 0. The normalized spacial score (nSPS) is 18.2. The number of urea groups is 2. The Hall–Kier alpha value is -2.04. The first-order valence-electron chi connectivity index (χ1n) is 5.72. The predicted molar refractivity (Wildman–Crippen MR) is 63.0 cm³/mol. The van der Waals surface area contributed by atoms with Gasteiger partial charge in [0.1, 0.15) is 0 Å². The number of imide groups is 1. The van der Waals surface area contributed by atoms with Crippen LogP contribution >= 0.6 is 0 Å². The second-order valence-electron chi connectivity index (χ2n) is 4.20. The Kier molecular flexibility index (Phi) is 2.24. The van der Waals surface area contributed by atoms with Crippen LogP contribution in [0.15, 0.2) is 24.3 Å². The molecule has 88 valence electrons. The van der Waals surface area contributed by atoms with E-state index in [1.807, 2.05) is 24.3 Å². The highest BCUT2D eigenvalue weighted by molar-refractivity contribution is 6.04. The Bertz CT molecular complexity index is 486. The van der Waals surface area contributed by atoms with Crippen LogP contribution in [0.5, 0.6) is 0 Å². The number of nitrogens with one attached hydrogen (secondary N) is 1. The van der Waals surface area contributed by atoms with Crippen molar-refractivity contribution in [3.05, 3.63) is 29.8 Å². The summed E-state index contributed by atoms with van der Waals surface area (Å²) in [5.41, 5.74) is 2.10. The summed E-state index contributed by atoms with van der Waals surface area (Å²) in [5, 5.41) is 2.64. The lowest BCUT2D eigenvalue weighted by Crippen LogP contribution is -2.44. The molecule has 0 bridgehead atoms. The predicted octanol–water partition coefficient (Wildman–Crippen LogP) is 1.19. The Labute approximate surface area is 99.0 Å². The maximum atomic E-state index is 12.2. The van der Waals surface area contributed by atoms with Gasteiger partial charge in [0.2, 0.25) is 0 Å². The van der Waals surface area contributed by atoms with Gasteiger partial charge in [-0.15, -0.1) is 0 Å². The molecule has 0 unspecified atom stereocenters. The molecule has 4 amide bonds. The van der Waals surface area contributed by atoms with E-state index in [9.17, 15) is 9.59 Å². The van der Waals surface area contributed by atoms with Gasteiger partial charge in [0.25, 0.3) is 0 Å². The lowest BCUT2D eigenvalue weighted by atomic mass is 10.2. The average Bonchev–Trinajstić information content (AvgIpc) is 2.94. The minimum absolute atomic E-state index is 0.218. The van der Waals surface area contributed by atoms with E-state index in [1.54, 1.807) is 4.90 Å². The number of carbonyl (C=O) groups is 2. The van der Waals surface area contributed by atoms with Crippen LogP contribution < -0.4 is 10.2 Å². The molecule has 0 saturated carbocycles. The molecule has 1 fully saturated rings. The summed E-state index contributed by atoms with van der Waals surface area (Å²) in [6.07, 6.45) is 0.859. The van der Waals surface area contributed by atoms with Gasteiger partial charge in [-0.3, -0.25) is 4.90 Å². The fourth-order valence-electron chi connectivity index (χ4n) is 2.34. The molecule has 1 aromatic rings. The van der Waals surface area contributed by atoms with Crippen LogP contribution in [0.4, 0.5) is 15.3 Å². The zero-order valence-electron chi connectivity index (χ0n) is 9.35. The number of amides is 4. The molecule has 1 aromatic carbocycles. The molecule has 1 N–H and O–H groups in total. The molecule has 0 aromatic heterocycles. The molecular formula is C12H13N3O2. The number of carbonyl (C=O) groups excluding carboxylic acids is 2. The van der Waals surface area contributed by atoms with Crippen molar-refractivity contribution in [3.63, 3.8) is 0 Å². The zero-order valence-corrected chi connectivity index (χ0v) is 9.35. The van der Waals surface area contributed by atoms with E-state index in [2.05, 4.69) is 5.32 Å². The maximum absolute atomic E-state index is 12.2. The number of fused-ring (bicyclic) bond motifs is 1. The van der Waals surface area contributed by atoms with E-state index in [0.717, 1.165) is 12.1 Å². The molecule has 0 atom stereocenters. The first-order valence-corrected chi connectivity index (χ1v) is 5.72. The van der Waals surface area contributed by atoms with Gasteiger partial charge in [0.15, 0.2) is 0 Å². The summed E-state index contributed by atoms with van der Waals surface area (Å²) in [6, 6.07) is 7.31. The molecule has 1 saturated heterocycles. The van der Waals surface area contributed by atoms with Gasteiger partial charge in [-0.2, -0.15) is 0 Å². The van der Waals surface area contributed by atoms with E-state index in [1.165, 1.54) is 10.5 Å². The maximum Gasteiger partial charge on any atom is 0.332 e. The highest BCUT2D eigenvalue weighted by Crippen LogP contribution is 2.28. The summed E-state index contributed by atoms with van der Waals surface area (Å²) in [6.45, 7) is 1.65. The van der Waals surface area contributed by atoms with Crippen molar-refractivity contribution in [1.29, 1.82) is 0 Å². The van der Waals surface area contributed by atoms with Crippen molar-refractivity contribution >= 4 is 17.7 Å². The van der Waals surface area contributed by atoms with E-state index in [4.69, 9.17) is 0 Å². The van der Waals surface area contributed by atoms with Gasteiger partial charge in [0.05, 0.1) is 0 Å². The standard InChI is InChI=1S/C12H13N3O2/c16-11-13-6-8-15(11)12(17)14-7-5-9-3-1-2-4-10(9)14/h1-4H,5-8H2,(H,13,16). The zero-order chi connectivity index (χ0) is 11.8. The van der Waals surface area contributed by atoms with Gasteiger partial charge in [-0.25, -0.2) is 14.5 Å². The lowest BCUT2D eigenvalue weighted by Gasteiger charge is -2.22. The largest absolute Gasteiger partial charge is 0.336 e. The van der Waals surface area contributed by atoms with Crippen LogP contribution in [-0.2, 0) is 6.42 Å². The highest BCUT2D eigenvalue weighted by atomic mass is 16.2. The lowest BCUT2D eigenvalue weighted by molar-refractivity contribution is 0.203. The number of anilines is 1. The molecule has 2 aliphatic heterocycles. The summed E-state index contributed by atoms with van der Waals surface area (Å²) in [4.78, 5) is 26.6. The number of hydrogen-bond acceptors (Lipinski definition) is 2. The van der Waals surface area contributed by atoms with Gasteiger partial charge >= 0.3 is 12.1 Å². The smallest absolute Gasteiger partial charge is 0.332 e. The van der Waals surface area contributed by atoms with Crippen LogP contribution in [-0.4, -0.2) is 36.6 Å². The van der Waals surface area contributed by atoms with Crippen molar-refractivity contribution in [3.8, 4) is 0 Å². The van der Waals surface area contributed by atoms with Gasteiger partial charge in [0, 0.05) is 25.3 Å². The Balaban J connectivity index is 1.87. The first-order chi connectivity index (χ1) is 8.27. The molecule has 5 heteroatoms. The number of para-hydroxylation sites is 1. The molecule has 3 rings (SSSR count). The van der Waals surface area contributed by atoms with Crippen molar-refractivity contribution in [2.24, 2.45) is 0 Å². The number of rotatable bonds is 0. The van der Waals surface area contributed by atoms with Gasteiger partial charge < -0.3 is 5.32 Å². The number of benzene rings is 1. The Morgan fingerprint density at radius 3 is 2.76 bits per heavy atom. The summed E-state index contributed by atoms with van der Waals surface area (Å²) < 4.78 is 0. The van der Waals surface area contributed by atoms with Gasteiger partial charge in [-0.05, 0) is 18.1 Å². The third kappa shape index (κ3) is 1.54. The molecule has 2 aliphatic rings. The SMILES string of the molecule is O=C1NCCN1C(=O)N1CCc2ccccc21. The van der Waals surface area contributed by atoms with E-state index in [0.29, 0.717) is 19.6 Å². The average molecular weight is 231 g/mol. The van der Waals surface area contributed by atoms with Crippen LogP contribution in [0.2, 0.25) is 0 Å². The minimum atomic E-state index is -0.292. The van der Waals surface area contributed by atoms with Crippen LogP contribution in [0.25, 0.3) is 0 Å². The fraction of sp³-hybridized carbons (Fsp3) is 0.333. The van der Waals surface area contributed by atoms with Crippen molar-refractivity contribution in [2.45, 2.75) is 6.42 Å². The molecule has 2 heterocycles. The number of nitrogens with zero attached hydrogens (tertiary/aromatic N) is 2. The highest BCUT2D eigenvalue weighted by Gasteiger charge is 2.33. The van der Waals surface area contributed by atoms with Crippen molar-refractivity contribution in [2.75, 3.05) is 24.5 Å². The Morgan fingerprint density at radius 2 is 2.00 bits per heavy atom. The Morgan fingerprint density at radius 1 is 1.18 bits per heavy atom. The topological polar surface area (TPSA) is 52.7 Å². The van der Waals surface area contributed by atoms with Crippen molar-refractivity contribution < 1.29 is 9.59 Å². The van der Waals surface area contributed by atoms with E-state index >= 15 is 0 Å². The minimum Gasteiger partial charge on any atom is -0.336 e. The van der Waals surface area contributed by atoms with Crippen LogP contribution in [0, 0.1) is 0 Å². The summed E-state index contributed by atoms with van der Waals surface area (Å²) in [5.74, 6) is 0. The van der Waals surface area contributed by atoms with Gasteiger partial charge in [-0.1, -0.05) is 18.2 Å². The summed E-state index contributed by atoms with van der Waals surface area (Å²) >= 11 is 0. The molecule has 5 nitrogen and oxygen atoms in total. The quantitative estimate of drug-likeness (QED) is 0.729. The van der Waals surface area contributed by atoms with Crippen molar-refractivity contribution in [1.82, 2.24) is 10.2 Å². The van der Waals surface area contributed by atoms with Crippen LogP contribution in [0.1, 0.15) is 5.56 Å². The molecule has 0 radical (unpaired) electrons. The van der Waals surface area contributed by atoms with E-state index < -0.39 is 0 Å². The molecular weight excluding hydrogens is 218 g/mol. The first kappa shape index (κ1) is 10.1. The monoisotopic (exact) mass is 231 g/mol. The van der Waals surface area contributed by atoms with Crippen LogP contribution in [0.3, 0.4) is 0 Å². The molecule has 0 aliphatic carbocycles. The van der Waals surface area contributed by atoms with E-state index in [-0.39, 0.29) is 12.1 Å². The third-order valence-corrected chi connectivity index (χ3v) is 3.21. The fourth-order valence-corrected chi connectivity index (χ4v) is 2.34. The molecule has 17 heavy (non-hydrogen) atoms.